The molecule has 3 heterocycles. The van der Waals surface area contributed by atoms with Crippen molar-refractivity contribution in [1.82, 2.24) is 20.2 Å². The predicted octanol–water partition coefficient (Wildman–Crippen LogP) is 6.23. The highest BCUT2D eigenvalue weighted by Gasteiger charge is 2.35. The van der Waals surface area contributed by atoms with Gasteiger partial charge in [0, 0.05) is 47.3 Å². The summed E-state index contributed by atoms with van der Waals surface area (Å²) in [6.45, 7) is 2.91. The minimum absolute atomic E-state index is 0.0910. The van der Waals surface area contributed by atoms with Crippen molar-refractivity contribution in [2.75, 3.05) is 19.7 Å². The van der Waals surface area contributed by atoms with Gasteiger partial charge in [-0.25, -0.2) is 4.79 Å². The van der Waals surface area contributed by atoms with Gasteiger partial charge in [0.1, 0.15) is 23.2 Å². The first kappa shape index (κ1) is 30.2. The van der Waals surface area contributed by atoms with Crippen molar-refractivity contribution in [1.29, 1.82) is 0 Å². The first-order valence-electron chi connectivity index (χ1n) is 14.8. The number of fused-ring (bicyclic) bond motifs is 3. The maximum atomic E-state index is 13.5. The second-order valence-electron chi connectivity index (χ2n) is 11.0. The highest BCUT2D eigenvalue weighted by atomic mass is 35.5. The van der Waals surface area contributed by atoms with Crippen LogP contribution in [0.5, 0.6) is 11.5 Å². The van der Waals surface area contributed by atoms with Crippen molar-refractivity contribution >= 4 is 34.5 Å². The van der Waals surface area contributed by atoms with E-state index in [0.717, 1.165) is 22.2 Å². The van der Waals surface area contributed by atoms with Crippen molar-refractivity contribution < 1.29 is 24.2 Å². The average molecular weight is 625 g/mol. The van der Waals surface area contributed by atoms with Crippen LogP contribution in [0.4, 0.5) is 4.79 Å². The molecule has 45 heavy (non-hydrogen) atoms. The Morgan fingerprint density at radius 2 is 1.84 bits per heavy atom. The number of halogens is 1. The number of aliphatic hydroxyl groups excluding tert-OH is 1. The Labute approximate surface area is 265 Å². The van der Waals surface area contributed by atoms with Crippen LogP contribution in [0.2, 0.25) is 5.02 Å². The lowest BCUT2D eigenvalue weighted by Gasteiger charge is -2.35. The smallest absolute Gasteiger partial charge is 0.416 e. The SMILES string of the molecule is Cc1ccc2[nH]c3c(c2c1)CCN(C(=O)Oc1ccc(Cl)cc1)[C@H]3c1ccc(OCCC(O)CNC(=O)c2ccccn2)cc1. The van der Waals surface area contributed by atoms with Crippen LogP contribution in [0.15, 0.2) is 91.1 Å². The fraction of sp³-hybridized carbons (Fsp3) is 0.229. The molecule has 6 rings (SSSR count). The van der Waals surface area contributed by atoms with Crippen molar-refractivity contribution in [2.24, 2.45) is 0 Å². The summed E-state index contributed by atoms with van der Waals surface area (Å²) in [5, 5.41) is 14.7. The van der Waals surface area contributed by atoms with Crippen LogP contribution < -0.4 is 14.8 Å². The topological polar surface area (TPSA) is 117 Å². The van der Waals surface area contributed by atoms with Crippen molar-refractivity contribution in [3.05, 3.63) is 124 Å². The van der Waals surface area contributed by atoms with Crippen LogP contribution in [0, 0.1) is 6.92 Å². The second kappa shape index (κ2) is 13.4. The van der Waals surface area contributed by atoms with Crippen molar-refractivity contribution in [3.8, 4) is 11.5 Å². The Morgan fingerprint density at radius 1 is 1.07 bits per heavy atom. The summed E-state index contributed by atoms with van der Waals surface area (Å²) in [4.78, 5) is 35.0. The summed E-state index contributed by atoms with van der Waals surface area (Å²) in [6.07, 6.45) is 1.34. The summed E-state index contributed by atoms with van der Waals surface area (Å²) in [5.41, 5.74) is 5.55. The minimum atomic E-state index is -0.775. The molecule has 0 bridgehead atoms. The molecule has 1 unspecified atom stereocenters. The molecule has 2 amide bonds. The van der Waals surface area contributed by atoms with E-state index in [-0.39, 0.29) is 19.1 Å². The number of aryl methyl sites for hydroxylation is 1. The Hall–Kier alpha value is -4.86. The molecule has 2 atom stereocenters. The number of hydrogen-bond donors (Lipinski definition) is 3. The van der Waals surface area contributed by atoms with Gasteiger partial charge in [-0.2, -0.15) is 0 Å². The van der Waals surface area contributed by atoms with E-state index in [2.05, 4.69) is 40.4 Å². The fourth-order valence-electron chi connectivity index (χ4n) is 5.57. The van der Waals surface area contributed by atoms with Gasteiger partial charge in [0.2, 0.25) is 0 Å². The molecular weight excluding hydrogens is 592 g/mol. The second-order valence-corrected chi connectivity index (χ2v) is 11.5. The third-order valence-electron chi connectivity index (χ3n) is 7.85. The van der Waals surface area contributed by atoms with Gasteiger partial charge in [-0.3, -0.25) is 14.7 Å². The normalized spacial score (nSPS) is 14.9. The molecule has 9 nitrogen and oxygen atoms in total. The van der Waals surface area contributed by atoms with E-state index in [1.807, 2.05) is 24.3 Å². The summed E-state index contributed by atoms with van der Waals surface area (Å²) in [6, 6.07) is 25.3. The molecule has 0 radical (unpaired) electrons. The molecule has 1 aliphatic heterocycles. The quantitative estimate of drug-likeness (QED) is 0.179. The number of aromatic amines is 1. The molecule has 0 saturated heterocycles. The third-order valence-corrected chi connectivity index (χ3v) is 8.10. The zero-order chi connectivity index (χ0) is 31.3. The van der Waals surface area contributed by atoms with Gasteiger partial charge < -0.3 is 24.9 Å². The molecule has 10 heteroatoms. The number of carbonyl (C=O) groups is 2. The summed E-state index contributed by atoms with van der Waals surface area (Å²) in [5.74, 6) is 0.707. The largest absolute Gasteiger partial charge is 0.493 e. The van der Waals surface area contributed by atoms with E-state index in [4.69, 9.17) is 21.1 Å². The minimum Gasteiger partial charge on any atom is -0.493 e. The number of pyridine rings is 1. The Morgan fingerprint density at radius 3 is 2.60 bits per heavy atom. The predicted molar refractivity (Wildman–Crippen MR) is 172 cm³/mol. The number of ether oxygens (including phenoxy) is 2. The number of carbonyl (C=O) groups excluding carboxylic acids is 2. The van der Waals surface area contributed by atoms with Gasteiger partial charge in [-0.1, -0.05) is 41.4 Å². The standard InChI is InChI=1S/C35H33ClN4O5/c1-22-5-14-30-29(20-22)28-15-18-40(35(43)45-27-12-8-24(36)9-13-27)33(32(28)39-30)23-6-10-26(11-7-23)44-19-16-25(41)21-38-34(42)31-4-2-3-17-37-31/h2-14,17,20,25,33,39,41H,15-16,18-19,21H2,1H3,(H,38,42)/t25?,33-/m0/s1. The molecule has 3 aromatic carbocycles. The lowest BCUT2D eigenvalue weighted by molar-refractivity contribution is 0.0890. The van der Waals surface area contributed by atoms with Crippen LogP contribution >= 0.6 is 11.6 Å². The monoisotopic (exact) mass is 624 g/mol. The number of rotatable bonds is 9. The highest BCUT2D eigenvalue weighted by Crippen LogP contribution is 2.39. The summed E-state index contributed by atoms with van der Waals surface area (Å²) in [7, 11) is 0. The van der Waals surface area contributed by atoms with Crippen LogP contribution in [0.1, 0.15) is 45.3 Å². The first-order valence-corrected chi connectivity index (χ1v) is 15.2. The molecule has 1 aliphatic rings. The number of hydrogen-bond acceptors (Lipinski definition) is 6. The maximum Gasteiger partial charge on any atom is 0.416 e. The van der Waals surface area contributed by atoms with Crippen LogP contribution in [-0.2, 0) is 6.42 Å². The van der Waals surface area contributed by atoms with E-state index < -0.39 is 18.2 Å². The van der Waals surface area contributed by atoms with Gasteiger partial charge in [0.15, 0.2) is 0 Å². The van der Waals surface area contributed by atoms with E-state index >= 15 is 0 Å². The zero-order valence-corrected chi connectivity index (χ0v) is 25.5. The summed E-state index contributed by atoms with van der Waals surface area (Å²) >= 11 is 6.02. The molecule has 3 N–H and O–H groups in total. The Bertz CT molecular complexity index is 1790. The number of aromatic nitrogens is 2. The molecule has 0 aliphatic carbocycles. The Kier molecular flexibility index (Phi) is 9.00. The van der Waals surface area contributed by atoms with Crippen LogP contribution in [0.3, 0.4) is 0 Å². The number of nitrogens with one attached hydrogen (secondary N) is 2. The van der Waals surface area contributed by atoms with Crippen molar-refractivity contribution in [2.45, 2.75) is 31.9 Å². The van der Waals surface area contributed by atoms with E-state index in [1.54, 1.807) is 53.6 Å². The Balaban J connectivity index is 1.15. The number of nitrogens with zero attached hydrogens (tertiary/aromatic N) is 2. The first-order chi connectivity index (χ1) is 21.9. The molecule has 5 aromatic rings. The van der Waals surface area contributed by atoms with Gasteiger partial charge >= 0.3 is 6.09 Å². The summed E-state index contributed by atoms with van der Waals surface area (Å²) < 4.78 is 11.7. The van der Waals surface area contributed by atoms with Crippen LogP contribution in [0.25, 0.3) is 10.9 Å². The fourth-order valence-corrected chi connectivity index (χ4v) is 5.69. The van der Waals surface area contributed by atoms with E-state index in [0.29, 0.717) is 41.6 Å². The number of aliphatic hydroxyl groups is 1. The number of benzene rings is 3. The van der Waals surface area contributed by atoms with E-state index in [9.17, 15) is 14.7 Å². The molecule has 2 aromatic heterocycles. The van der Waals surface area contributed by atoms with Gasteiger partial charge in [0.25, 0.3) is 5.91 Å². The third kappa shape index (κ3) is 6.95. The van der Waals surface area contributed by atoms with E-state index in [1.165, 1.54) is 11.1 Å². The van der Waals surface area contributed by atoms with Gasteiger partial charge in [0.05, 0.1) is 12.7 Å². The lowest BCUT2D eigenvalue weighted by Crippen LogP contribution is -2.42. The zero-order valence-electron chi connectivity index (χ0n) is 24.7. The molecule has 0 fully saturated rings. The van der Waals surface area contributed by atoms with Gasteiger partial charge in [-0.15, -0.1) is 0 Å². The molecule has 0 saturated carbocycles. The average Bonchev–Trinajstić information content (AvgIpc) is 3.43. The van der Waals surface area contributed by atoms with Crippen molar-refractivity contribution in [3.63, 3.8) is 0 Å². The molecule has 230 valence electrons. The number of H-pyrrole nitrogens is 1. The van der Waals surface area contributed by atoms with Gasteiger partial charge in [-0.05, 0) is 85.1 Å². The van der Waals surface area contributed by atoms with Crippen LogP contribution in [-0.4, -0.2) is 57.8 Å². The molecular formula is C35H33ClN4O5. The highest BCUT2D eigenvalue weighted by molar-refractivity contribution is 6.30. The number of amides is 2. The molecule has 0 spiro atoms. The lowest BCUT2D eigenvalue weighted by atomic mass is 9.92. The maximum absolute atomic E-state index is 13.5.